The first-order valence-corrected chi connectivity index (χ1v) is 7.13. The molecule has 0 spiro atoms. The van der Waals surface area contributed by atoms with Crippen molar-refractivity contribution in [3.63, 3.8) is 0 Å². The lowest BCUT2D eigenvalue weighted by molar-refractivity contribution is -0.115. The van der Waals surface area contributed by atoms with E-state index in [4.69, 9.17) is 5.11 Å². The number of hydrogen-bond donors (Lipinski definition) is 2. The number of benzene rings is 1. The summed E-state index contributed by atoms with van der Waals surface area (Å²) in [5.74, 6) is -1.21. The molecule has 6 heteroatoms. The number of nitrogens with one attached hydrogen (secondary N) is 1. The van der Waals surface area contributed by atoms with Gasteiger partial charge in [0, 0.05) is 10.2 Å². The lowest BCUT2D eigenvalue weighted by atomic mass is 10.2. The van der Waals surface area contributed by atoms with E-state index in [0.717, 1.165) is 5.56 Å². The fraction of sp³-hybridized carbons (Fsp3) is 0.0769. The molecule has 0 aliphatic carbocycles. The smallest absolute Gasteiger partial charge is 0.335 e. The van der Waals surface area contributed by atoms with Gasteiger partial charge >= 0.3 is 5.97 Å². The first kappa shape index (κ1) is 13.8. The van der Waals surface area contributed by atoms with Gasteiger partial charge in [0.2, 0.25) is 5.91 Å². The molecule has 0 saturated heterocycles. The minimum absolute atomic E-state index is 0.125. The lowest BCUT2D eigenvalue weighted by Crippen LogP contribution is -2.14. The Bertz CT molecular complexity index is 610. The molecule has 0 radical (unpaired) electrons. The second-order valence-electron chi connectivity index (χ2n) is 3.89. The molecule has 4 nitrogen and oxygen atoms in total. The second kappa shape index (κ2) is 5.99. The summed E-state index contributed by atoms with van der Waals surface area (Å²) in [6, 6.07) is 6.46. The van der Waals surface area contributed by atoms with Crippen LogP contribution in [-0.2, 0) is 11.2 Å². The Morgan fingerprint density at radius 2 is 2.11 bits per heavy atom. The summed E-state index contributed by atoms with van der Waals surface area (Å²) in [7, 11) is 0. The second-order valence-corrected chi connectivity index (χ2v) is 5.59. The third-order valence-electron chi connectivity index (χ3n) is 2.37. The highest BCUT2D eigenvalue weighted by Crippen LogP contribution is 2.20. The van der Waals surface area contributed by atoms with Gasteiger partial charge in [0.1, 0.15) is 0 Å². The molecule has 1 aromatic carbocycles. The Morgan fingerprint density at radius 3 is 2.74 bits per heavy atom. The van der Waals surface area contributed by atoms with Crippen LogP contribution in [0.1, 0.15) is 15.9 Å². The Labute approximate surface area is 122 Å². The van der Waals surface area contributed by atoms with Gasteiger partial charge < -0.3 is 10.4 Å². The molecular formula is C13H10BrNO3S. The van der Waals surface area contributed by atoms with E-state index in [1.54, 1.807) is 6.07 Å². The predicted octanol–water partition coefficient (Wildman–Crippen LogP) is 3.39. The molecule has 0 aliphatic heterocycles. The lowest BCUT2D eigenvalue weighted by Gasteiger charge is -2.06. The van der Waals surface area contributed by atoms with Gasteiger partial charge in [-0.3, -0.25) is 4.79 Å². The molecule has 1 amide bonds. The molecule has 0 bridgehead atoms. The fourth-order valence-corrected chi connectivity index (χ4v) is 2.73. The maximum absolute atomic E-state index is 11.8. The highest BCUT2D eigenvalue weighted by Gasteiger charge is 2.09. The number of anilines is 1. The third kappa shape index (κ3) is 3.90. The first-order valence-electron chi connectivity index (χ1n) is 5.39. The number of carbonyl (C=O) groups is 2. The largest absolute Gasteiger partial charge is 0.478 e. The van der Waals surface area contributed by atoms with Crippen molar-refractivity contribution in [2.45, 2.75) is 6.42 Å². The zero-order chi connectivity index (χ0) is 13.8. The van der Waals surface area contributed by atoms with Crippen LogP contribution in [0.4, 0.5) is 5.69 Å². The number of amides is 1. The van der Waals surface area contributed by atoms with Crippen molar-refractivity contribution in [2.24, 2.45) is 0 Å². The number of carbonyl (C=O) groups excluding carboxylic acids is 1. The monoisotopic (exact) mass is 339 g/mol. The molecule has 0 atom stereocenters. The summed E-state index contributed by atoms with van der Waals surface area (Å²) in [6.45, 7) is 0. The Balaban J connectivity index is 2.10. The van der Waals surface area contributed by atoms with E-state index in [-0.39, 0.29) is 17.9 Å². The molecule has 98 valence electrons. The van der Waals surface area contributed by atoms with Gasteiger partial charge in [0.15, 0.2) is 0 Å². The van der Waals surface area contributed by atoms with Crippen LogP contribution in [0.25, 0.3) is 0 Å². The van der Waals surface area contributed by atoms with E-state index in [0.29, 0.717) is 10.2 Å². The first-order chi connectivity index (χ1) is 9.04. The molecule has 2 N–H and O–H groups in total. The molecule has 0 aliphatic rings. The topological polar surface area (TPSA) is 66.4 Å². The van der Waals surface area contributed by atoms with E-state index >= 15 is 0 Å². The number of rotatable bonds is 4. The molecule has 19 heavy (non-hydrogen) atoms. The predicted molar refractivity (Wildman–Crippen MR) is 77.8 cm³/mol. The van der Waals surface area contributed by atoms with Crippen LogP contribution >= 0.6 is 27.3 Å². The Kier molecular flexibility index (Phi) is 4.34. The number of carboxylic acids is 1. The van der Waals surface area contributed by atoms with Crippen LogP contribution in [0.2, 0.25) is 0 Å². The van der Waals surface area contributed by atoms with Crippen LogP contribution in [0.5, 0.6) is 0 Å². The Hall–Kier alpha value is -1.66. The van der Waals surface area contributed by atoms with Gasteiger partial charge in [-0.1, -0.05) is 15.9 Å². The molecular weight excluding hydrogens is 330 g/mol. The minimum atomic E-state index is -1.03. The van der Waals surface area contributed by atoms with Gasteiger partial charge in [-0.15, -0.1) is 0 Å². The van der Waals surface area contributed by atoms with E-state index in [1.807, 2.05) is 16.8 Å². The summed E-state index contributed by atoms with van der Waals surface area (Å²) < 4.78 is 0.609. The van der Waals surface area contributed by atoms with Crippen LogP contribution in [0, 0.1) is 0 Å². The van der Waals surface area contributed by atoms with Crippen LogP contribution in [-0.4, -0.2) is 17.0 Å². The summed E-state index contributed by atoms with van der Waals surface area (Å²) in [4.78, 5) is 22.7. The Morgan fingerprint density at radius 1 is 1.32 bits per heavy atom. The van der Waals surface area contributed by atoms with Crippen LogP contribution in [0.15, 0.2) is 39.5 Å². The number of halogens is 1. The zero-order valence-electron chi connectivity index (χ0n) is 9.72. The zero-order valence-corrected chi connectivity index (χ0v) is 12.1. The average molecular weight is 340 g/mol. The van der Waals surface area contributed by atoms with E-state index in [2.05, 4.69) is 21.2 Å². The van der Waals surface area contributed by atoms with Crippen molar-refractivity contribution in [2.75, 3.05) is 5.32 Å². The van der Waals surface area contributed by atoms with E-state index < -0.39 is 5.97 Å². The van der Waals surface area contributed by atoms with Crippen molar-refractivity contribution >= 4 is 44.8 Å². The maximum atomic E-state index is 11.8. The molecule has 1 aromatic heterocycles. The van der Waals surface area contributed by atoms with E-state index in [9.17, 15) is 9.59 Å². The van der Waals surface area contributed by atoms with Crippen molar-refractivity contribution in [3.8, 4) is 0 Å². The highest BCUT2D eigenvalue weighted by molar-refractivity contribution is 9.10. The van der Waals surface area contributed by atoms with Crippen molar-refractivity contribution in [3.05, 3.63) is 50.6 Å². The quantitative estimate of drug-likeness (QED) is 0.897. The van der Waals surface area contributed by atoms with Crippen molar-refractivity contribution in [1.82, 2.24) is 0 Å². The summed E-state index contributed by atoms with van der Waals surface area (Å²) in [5.41, 5.74) is 1.53. The summed E-state index contributed by atoms with van der Waals surface area (Å²) in [5, 5.41) is 15.4. The SMILES string of the molecule is O=C(Cc1ccsc1)Nc1cc(Br)cc(C(=O)O)c1. The van der Waals surface area contributed by atoms with Gasteiger partial charge in [-0.2, -0.15) is 11.3 Å². The maximum Gasteiger partial charge on any atom is 0.335 e. The number of carboxylic acid groups (broad SMARTS) is 1. The fourth-order valence-electron chi connectivity index (χ4n) is 1.57. The van der Waals surface area contributed by atoms with Gasteiger partial charge in [-0.05, 0) is 40.6 Å². The van der Waals surface area contributed by atoms with Crippen molar-refractivity contribution in [1.29, 1.82) is 0 Å². The molecule has 0 unspecified atom stereocenters. The van der Waals surface area contributed by atoms with Crippen LogP contribution in [0.3, 0.4) is 0 Å². The summed E-state index contributed by atoms with van der Waals surface area (Å²) >= 11 is 4.75. The molecule has 1 heterocycles. The normalized spacial score (nSPS) is 10.2. The molecule has 0 fully saturated rings. The number of hydrogen-bond acceptors (Lipinski definition) is 3. The number of aromatic carboxylic acids is 1. The van der Waals surface area contributed by atoms with Crippen LogP contribution < -0.4 is 5.32 Å². The van der Waals surface area contributed by atoms with Gasteiger partial charge in [0.05, 0.1) is 12.0 Å². The average Bonchev–Trinajstić information content (AvgIpc) is 2.80. The number of thiophene rings is 1. The minimum Gasteiger partial charge on any atom is -0.478 e. The molecule has 0 saturated carbocycles. The highest BCUT2D eigenvalue weighted by atomic mass is 79.9. The van der Waals surface area contributed by atoms with Gasteiger partial charge in [0.25, 0.3) is 0 Å². The van der Waals surface area contributed by atoms with Crippen molar-refractivity contribution < 1.29 is 14.7 Å². The van der Waals surface area contributed by atoms with Gasteiger partial charge in [-0.25, -0.2) is 4.79 Å². The molecule has 2 rings (SSSR count). The molecule has 2 aromatic rings. The summed E-state index contributed by atoms with van der Waals surface area (Å²) in [6.07, 6.45) is 0.276. The third-order valence-corrected chi connectivity index (χ3v) is 3.56. The van der Waals surface area contributed by atoms with E-state index in [1.165, 1.54) is 23.5 Å². The standard InChI is InChI=1S/C13H10BrNO3S/c14-10-4-9(13(17)18)5-11(6-10)15-12(16)3-8-1-2-19-7-8/h1-2,4-7H,3H2,(H,15,16)(H,17,18).